The summed E-state index contributed by atoms with van der Waals surface area (Å²) in [5, 5.41) is 8.19. The lowest BCUT2D eigenvalue weighted by molar-refractivity contribution is -0.140. The minimum Gasteiger partial charge on any atom is -0.321 e. The number of pyridine rings is 1. The van der Waals surface area contributed by atoms with Crippen LogP contribution >= 0.6 is 0 Å². The SMILES string of the molecule is Cc1cc([C@H](C)CC(=O)c2cc(Cn3ccn(C)c3=N)cc(-c3cccnc3C(F)(F)F)c2)ccc1F. The summed E-state index contributed by atoms with van der Waals surface area (Å²) in [4.78, 5) is 16.9. The molecule has 1 atom stereocenters. The van der Waals surface area contributed by atoms with Crippen LogP contribution in [-0.2, 0) is 19.8 Å². The third kappa shape index (κ3) is 5.71. The largest absolute Gasteiger partial charge is 0.433 e. The summed E-state index contributed by atoms with van der Waals surface area (Å²) in [6, 6.07) is 12.1. The lowest BCUT2D eigenvalue weighted by Gasteiger charge is -2.16. The second kappa shape index (κ2) is 10.2. The number of carbonyl (C=O) groups is 1. The fraction of sp³-hybridized carbons (Fsp3) is 0.250. The van der Waals surface area contributed by atoms with Gasteiger partial charge in [0.05, 0.1) is 6.54 Å². The number of aryl methyl sites for hydroxylation is 2. The van der Waals surface area contributed by atoms with Crippen LogP contribution in [0.4, 0.5) is 17.6 Å². The minimum atomic E-state index is -4.67. The molecule has 0 saturated carbocycles. The number of nitrogens with one attached hydrogen (secondary N) is 1. The first-order chi connectivity index (χ1) is 17.4. The monoisotopic (exact) mass is 510 g/mol. The van der Waals surface area contributed by atoms with Crippen LogP contribution in [0.15, 0.2) is 67.1 Å². The fourth-order valence-corrected chi connectivity index (χ4v) is 4.30. The van der Waals surface area contributed by atoms with Gasteiger partial charge in [0.2, 0.25) is 5.62 Å². The van der Waals surface area contributed by atoms with Gasteiger partial charge in [-0.05, 0) is 65.4 Å². The molecule has 0 spiro atoms. The highest BCUT2D eigenvalue weighted by atomic mass is 19.4. The topological polar surface area (TPSA) is 63.7 Å². The summed E-state index contributed by atoms with van der Waals surface area (Å²) in [5.74, 6) is -0.811. The first-order valence-corrected chi connectivity index (χ1v) is 11.7. The van der Waals surface area contributed by atoms with Gasteiger partial charge in [0.25, 0.3) is 0 Å². The van der Waals surface area contributed by atoms with E-state index in [1.807, 2.05) is 6.92 Å². The molecule has 0 aliphatic rings. The van der Waals surface area contributed by atoms with Crippen molar-refractivity contribution in [3.63, 3.8) is 0 Å². The van der Waals surface area contributed by atoms with Crippen LogP contribution in [0.2, 0.25) is 0 Å². The number of alkyl halides is 3. The average Bonchev–Trinajstić information content (AvgIpc) is 3.17. The highest BCUT2D eigenvalue weighted by molar-refractivity contribution is 5.98. The Labute approximate surface area is 211 Å². The molecule has 0 amide bonds. The van der Waals surface area contributed by atoms with Crippen LogP contribution in [0, 0.1) is 18.2 Å². The third-order valence-corrected chi connectivity index (χ3v) is 6.37. The summed E-state index contributed by atoms with van der Waals surface area (Å²) >= 11 is 0. The molecular weight excluding hydrogens is 484 g/mol. The Kier molecular flexibility index (Phi) is 7.16. The van der Waals surface area contributed by atoms with E-state index in [9.17, 15) is 22.4 Å². The molecule has 0 saturated heterocycles. The van der Waals surface area contributed by atoms with E-state index in [0.717, 1.165) is 11.8 Å². The molecule has 0 aliphatic carbocycles. The van der Waals surface area contributed by atoms with Crippen LogP contribution in [0.1, 0.15) is 52.0 Å². The Hall–Kier alpha value is -4.01. The zero-order valence-corrected chi connectivity index (χ0v) is 20.6. The number of halogens is 4. The van der Waals surface area contributed by atoms with Crippen molar-refractivity contribution >= 4 is 5.78 Å². The number of hydrogen-bond donors (Lipinski definition) is 1. The van der Waals surface area contributed by atoms with E-state index >= 15 is 0 Å². The summed E-state index contributed by atoms with van der Waals surface area (Å²) < 4.78 is 58.1. The van der Waals surface area contributed by atoms with E-state index in [4.69, 9.17) is 5.41 Å². The molecule has 2 aromatic carbocycles. The van der Waals surface area contributed by atoms with E-state index < -0.39 is 11.9 Å². The van der Waals surface area contributed by atoms with Crippen molar-refractivity contribution in [3.8, 4) is 11.1 Å². The van der Waals surface area contributed by atoms with Crippen molar-refractivity contribution in [2.24, 2.45) is 7.05 Å². The Morgan fingerprint density at radius 2 is 1.86 bits per heavy atom. The Balaban J connectivity index is 1.76. The van der Waals surface area contributed by atoms with E-state index in [-0.39, 0.29) is 52.8 Å². The first-order valence-electron chi connectivity index (χ1n) is 11.7. The van der Waals surface area contributed by atoms with Crippen molar-refractivity contribution in [1.82, 2.24) is 14.1 Å². The predicted molar refractivity (Wildman–Crippen MR) is 132 cm³/mol. The van der Waals surface area contributed by atoms with Crippen molar-refractivity contribution in [3.05, 3.63) is 107 Å². The van der Waals surface area contributed by atoms with Gasteiger partial charge in [-0.15, -0.1) is 0 Å². The Morgan fingerprint density at radius 1 is 1.11 bits per heavy atom. The second-order valence-electron chi connectivity index (χ2n) is 9.21. The highest BCUT2D eigenvalue weighted by Crippen LogP contribution is 2.36. The zero-order valence-electron chi connectivity index (χ0n) is 20.6. The van der Waals surface area contributed by atoms with Gasteiger partial charge in [0, 0.05) is 43.2 Å². The molecule has 0 aliphatic heterocycles. The van der Waals surface area contributed by atoms with Gasteiger partial charge in [-0.2, -0.15) is 13.2 Å². The van der Waals surface area contributed by atoms with Crippen LogP contribution in [0.3, 0.4) is 0 Å². The van der Waals surface area contributed by atoms with Crippen molar-refractivity contribution in [2.45, 2.75) is 38.9 Å². The maximum absolute atomic E-state index is 13.7. The molecule has 0 fully saturated rings. The number of nitrogens with zero attached hydrogens (tertiary/aromatic N) is 3. The van der Waals surface area contributed by atoms with Gasteiger partial charge >= 0.3 is 6.18 Å². The van der Waals surface area contributed by atoms with E-state index in [0.29, 0.717) is 11.1 Å². The molecule has 2 aromatic heterocycles. The highest BCUT2D eigenvalue weighted by Gasteiger charge is 2.35. The van der Waals surface area contributed by atoms with Gasteiger partial charge < -0.3 is 9.13 Å². The molecule has 0 radical (unpaired) electrons. The van der Waals surface area contributed by atoms with E-state index in [1.54, 1.807) is 59.8 Å². The second-order valence-corrected chi connectivity index (χ2v) is 9.21. The molecule has 9 heteroatoms. The lowest BCUT2D eigenvalue weighted by Crippen LogP contribution is -2.22. The Bertz CT molecular complexity index is 1520. The number of aromatic nitrogens is 3. The Morgan fingerprint density at radius 3 is 2.51 bits per heavy atom. The fourth-order valence-electron chi connectivity index (χ4n) is 4.30. The van der Waals surface area contributed by atoms with Crippen LogP contribution in [0.25, 0.3) is 11.1 Å². The lowest BCUT2D eigenvalue weighted by atomic mass is 9.90. The number of rotatable bonds is 7. The summed E-state index contributed by atoms with van der Waals surface area (Å²) in [6.45, 7) is 3.70. The van der Waals surface area contributed by atoms with Crippen LogP contribution in [0.5, 0.6) is 0 Å². The maximum atomic E-state index is 13.7. The molecular formula is C28H26F4N4O. The molecule has 4 rings (SSSR count). The van der Waals surface area contributed by atoms with Crippen LogP contribution in [-0.4, -0.2) is 19.9 Å². The number of benzene rings is 2. The van der Waals surface area contributed by atoms with Crippen molar-refractivity contribution < 1.29 is 22.4 Å². The van der Waals surface area contributed by atoms with Gasteiger partial charge in [0.1, 0.15) is 5.82 Å². The zero-order chi connectivity index (χ0) is 26.9. The summed E-state index contributed by atoms with van der Waals surface area (Å²) in [6.07, 6.45) is -0.0987. The number of hydrogen-bond acceptors (Lipinski definition) is 3. The van der Waals surface area contributed by atoms with Gasteiger partial charge in [-0.25, -0.2) is 4.39 Å². The molecule has 0 bridgehead atoms. The molecule has 5 nitrogen and oxygen atoms in total. The summed E-state index contributed by atoms with van der Waals surface area (Å²) in [7, 11) is 1.72. The van der Waals surface area contributed by atoms with Gasteiger partial charge in [-0.3, -0.25) is 15.2 Å². The number of Topliss-reactive ketones (excluding diaryl/α,β-unsaturated/α-hetero) is 1. The first kappa shape index (κ1) is 26.1. The van der Waals surface area contributed by atoms with Crippen molar-refractivity contribution in [1.29, 1.82) is 5.41 Å². The predicted octanol–water partition coefficient (Wildman–Crippen LogP) is 6.26. The van der Waals surface area contributed by atoms with E-state index in [1.165, 1.54) is 24.3 Å². The van der Waals surface area contributed by atoms with E-state index in [2.05, 4.69) is 4.98 Å². The molecule has 2 heterocycles. The van der Waals surface area contributed by atoms with Gasteiger partial charge in [0.15, 0.2) is 11.5 Å². The van der Waals surface area contributed by atoms with Crippen molar-refractivity contribution in [2.75, 3.05) is 0 Å². The number of ketones is 1. The molecule has 192 valence electrons. The normalized spacial score (nSPS) is 12.5. The molecule has 1 N–H and O–H groups in total. The van der Waals surface area contributed by atoms with Crippen LogP contribution < -0.4 is 5.62 Å². The van der Waals surface area contributed by atoms with Gasteiger partial charge in [-0.1, -0.05) is 25.1 Å². The number of imidazole rings is 1. The quantitative estimate of drug-likeness (QED) is 0.236. The maximum Gasteiger partial charge on any atom is 0.433 e. The molecule has 0 unspecified atom stereocenters. The smallest absolute Gasteiger partial charge is 0.321 e. The third-order valence-electron chi connectivity index (χ3n) is 6.37. The molecule has 4 aromatic rings. The number of carbonyl (C=O) groups excluding carboxylic acids is 1. The average molecular weight is 511 g/mol. The summed E-state index contributed by atoms with van der Waals surface area (Å²) in [5.41, 5.74) is 1.38. The molecule has 37 heavy (non-hydrogen) atoms. The minimum absolute atomic E-state index is 0.0926. The standard InChI is InChI=1S/C28H26F4N4O/c1-17(20-6-7-24(29)18(2)11-20)12-25(37)22-14-19(16-36-10-9-35(3)27(36)33)13-21(15-22)23-5-4-8-34-26(23)28(30,31)32/h4-11,13-15,17,33H,12,16H2,1-3H3/t17-/m1/s1.